The van der Waals surface area contributed by atoms with Crippen LogP contribution in [0.5, 0.6) is 0 Å². The zero-order valence-electron chi connectivity index (χ0n) is 13.4. The summed E-state index contributed by atoms with van der Waals surface area (Å²) in [4.78, 5) is 11.5. The maximum Gasteiger partial charge on any atom is 0.248 e. The monoisotopic (exact) mass is 449 g/mol. The molecule has 0 aromatic heterocycles. The second-order valence-corrected chi connectivity index (χ2v) is 10.4. The molecule has 0 aliphatic heterocycles. The molecule has 6 nitrogen and oxygen atoms in total. The number of anilines is 1. The third-order valence-corrected chi connectivity index (χ3v) is 8.37. The van der Waals surface area contributed by atoms with Crippen molar-refractivity contribution in [3.8, 4) is 0 Å². The van der Waals surface area contributed by atoms with E-state index in [1.165, 1.54) is 19.1 Å². The molecule has 0 aliphatic rings. The van der Waals surface area contributed by atoms with Crippen LogP contribution in [0.1, 0.15) is 30.1 Å². The SMILES string of the molecule is CC(=O)c1ccc(N(S(=O)(=O)CCCCl)S(=O)(=O)CCCCl)cc1Cl. The molecule has 11 heteroatoms. The molecule has 142 valence electrons. The Bertz CT molecular complexity index is 787. The van der Waals surface area contributed by atoms with Crippen molar-refractivity contribution >= 4 is 66.3 Å². The van der Waals surface area contributed by atoms with Crippen LogP contribution in [0.15, 0.2) is 18.2 Å². The molecule has 0 radical (unpaired) electrons. The fourth-order valence-corrected chi connectivity index (χ4v) is 6.98. The summed E-state index contributed by atoms with van der Waals surface area (Å²) < 4.78 is 50.7. The molecule has 25 heavy (non-hydrogen) atoms. The Balaban J connectivity index is 3.47. The van der Waals surface area contributed by atoms with Gasteiger partial charge in [-0.2, -0.15) is 3.71 Å². The maximum absolute atomic E-state index is 12.6. The van der Waals surface area contributed by atoms with E-state index in [0.717, 1.165) is 6.07 Å². The van der Waals surface area contributed by atoms with Gasteiger partial charge < -0.3 is 0 Å². The molecular weight excluding hydrogens is 433 g/mol. The fraction of sp³-hybridized carbons (Fsp3) is 0.500. The highest BCUT2D eigenvalue weighted by molar-refractivity contribution is 8.10. The predicted octanol–water partition coefficient (Wildman–Crippen LogP) is 3.27. The van der Waals surface area contributed by atoms with Crippen molar-refractivity contribution in [2.24, 2.45) is 0 Å². The second-order valence-electron chi connectivity index (χ2n) is 5.13. The number of alkyl halides is 2. The van der Waals surface area contributed by atoms with Crippen molar-refractivity contribution in [2.75, 3.05) is 27.0 Å². The molecule has 1 aromatic rings. The summed E-state index contributed by atoms with van der Waals surface area (Å²) in [5.74, 6) is -1.07. The first-order valence-electron chi connectivity index (χ1n) is 7.25. The minimum atomic E-state index is -4.20. The Morgan fingerprint density at radius 2 is 1.48 bits per heavy atom. The van der Waals surface area contributed by atoms with Crippen LogP contribution in [0.2, 0.25) is 5.02 Å². The van der Waals surface area contributed by atoms with Crippen molar-refractivity contribution in [2.45, 2.75) is 19.8 Å². The van der Waals surface area contributed by atoms with E-state index in [9.17, 15) is 21.6 Å². The third-order valence-electron chi connectivity index (χ3n) is 3.12. The van der Waals surface area contributed by atoms with Gasteiger partial charge in [0.05, 0.1) is 22.2 Å². The van der Waals surface area contributed by atoms with E-state index in [-0.39, 0.29) is 46.7 Å². The van der Waals surface area contributed by atoms with Crippen LogP contribution < -0.4 is 3.71 Å². The largest absolute Gasteiger partial charge is 0.294 e. The fourth-order valence-electron chi connectivity index (χ4n) is 2.04. The molecule has 0 bridgehead atoms. The molecule has 0 heterocycles. The van der Waals surface area contributed by atoms with Gasteiger partial charge in [-0.1, -0.05) is 11.6 Å². The molecule has 0 aliphatic carbocycles. The van der Waals surface area contributed by atoms with Gasteiger partial charge in [0.2, 0.25) is 20.0 Å². The van der Waals surface area contributed by atoms with E-state index < -0.39 is 31.6 Å². The van der Waals surface area contributed by atoms with Gasteiger partial charge in [0.1, 0.15) is 0 Å². The average Bonchev–Trinajstić information content (AvgIpc) is 2.50. The van der Waals surface area contributed by atoms with E-state index in [2.05, 4.69) is 0 Å². The number of hydrogen-bond acceptors (Lipinski definition) is 5. The van der Waals surface area contributed by atoms with Crippen LogP contribution >= 0.6 is 34.8 Å². The Morgan fingerprint density at radius 1 is 1.00 bits per heavy atom. The second kappa shape index (κ2) is 9.41. The van der Waals surface area contributed by atoms with Gasteiger partial charge >= 0.3 is 0 Å². The molecule has 0 unspecified atom stereocenters. The number of sulfonamides is 2. The quantitative estimate of drug-likeness (QED) is 0.403. The third kappa shape index (κ3) is 5.99. The van der Waals surface area contributed by atoms with Gasteiger partial charge in [0.15, 0.2) is 5.78 Å². The molecule has 0 atom stereocenters. The summed E-state index contributed by atoms with van der Waals surface area (Å²) in [6.07, 6.45) is 0.176. The van der Waals surface area contributed by atoms with Gasteiger partial charge in [0.25, 0.3) is 0 Å². The number of carbonyl (C=O) groups excluding carboxylic acids is 1. The van der Waals surface area contributed by atoms with Crippen molar-refractivity contribution < 1.29 is 21.6 Å². The summed E-state index contributed by atoms with van der Waals surface area (Å²) in [6.45, 7) is 1.30. The molecule has 0 saturated heterocycles. The van der Waals surface area contributed by atoms with Crippen LogP contribution in [0, 0.1) is 0 Å². The van der Waals surface area contributed by atoms with Crippen LogP contribution in [-0.2, 0) is 20.0 Å². The summed E-state index contributed by atoms with van der Waals surface area (Å²) in [6, 6.07) is 3.68. The molecular formula is C14H18Cl3NO5S2. The standard InChI is InChI=1S/C14H18Cl3NO5S2/c1-11(19)13-5-4-12(10-14(13)17)18(24(20,21)8-2-6-15)25(22,23)9-3-7-16/h4-5,10H,2-3,6-9H2,1H3. The Hall–Kier alpha value is -0.540. The highest BCUT2D eigenvalue weighted by Gasteiger charge is 2.33. The first kappa shape index (κ1) is 22.5. The van der Waals surface area contributed by atoms with Crippen molar-refractivity contribution in [3.63, 3.8) is 0 Å². The van der Waals surface area contributed by atoms with Gasteiger partial charge in [-0.05, 0) is 38.0 Å². The molecule has 0 saturated carbocycles. The summed E-state index contributed by atoms with van der Waals surface area (Å²) >= 11 is 17.1. The molecule has 1 aromatic carbocycles. The lowest BCUT2D eigenvalue weighted by Crippen LogP contribution is -2.40. The van der Waals surface area contributed by atoms with E-state index >= 15 is 0 Å². The number of hydrogen-bond donors (Lipinski definition) is 0. The minimum Gasteiger partial charge on any atom is -0.294 e. The lowest BCUT2D eigenvalue weighted by Gasteiger charge is -2.24. The van der Waals surface area contributed by atoms with E-state index in [1.807, 2.05) is 0 Å². The van der Waals surface area contributed by atoms with E-state index in [4.69, 9.17) is 34.8 Å². The number of carbonyl (C=O) groups is 1. The van der Waals surface area contributed by atoms with Gasteiger partial charge in [-0.15, -0.1) is 23.2 Å². The highest BCUT2D eigenvalue weighted by Crippen LogP contribution is 2.29. The number of benzene rings is 1. The maximum atomic E-state index is 12.6. The van der Waals surface area contributed by atoms with Crippen LogP contribution in [0.25, 0.3) is 0 Å². The summed E-state index contributed by atoms with van der Waals surface area (Å²) in [5, 5.41) is -0.0323. The summed E-state index contributed by atoms with van der Waals surface area (Å²) in [5.41, 5.74) is 0.0147. The number of ketones is 1. The number of rotatable bonds is 10. The highest BCUT2D eigenvalue weighted by atomic mass is 35.5. The van der Waals surface area contributed by atoms with Gasteiger partial charge in [-0.25, -0.2) is 16.8 Å². The summed E-state index contributed by atoms with van der Waals surface area (Å²) in [7, 11) is -8.40. The first-order chi connectivity index (χ1) is 11.6. The van der Waals surface area contributed by atoms with Crippen LogP contribution in [0.3, 0.4) is 0 Å². The Labute approximate surface area is 163 Å². The molecule has 0 amide bonds. The lowest BCUT2D eigenvalue weighted by atomic mass is 10.1. The minimum absolute atomic E-state index is 0.0323. The van der Waals surface area contributed by atoms with Crippen molar-refractivity contribution in [3.05, 3.63) is 28.8 Å². The van der Waals surface area contributed by atoms with Crippen LogP contribution in [-0.4, -0.2) is 45.9 Å². The number of nitrogens with zero attached hydrogens (tertiary/aromatic N) is 1. The van der Waals surface area contributed by atoms with E-state index in [1.54, 1.807) is 0 Å². The van der Waals surface area contributed by atoms with Crippen molar-refractivity contribution in [1.29, 1.82) is 0 Å². The van der Waals surface area contributed by atoms with Gasteiger partial charge in [-0.3, -0.25) is 4.79 Å². The zero-order valence-corrected chi connectivity index (χ0v) is 17.3. The topological polar surface area (TPSA) is 88.6 Å². The first-order valence-corrected chi connectivity index (χ1v) is 11.9. The predicted molar refractivity (Wildman–Crippen MR) is 102 cm³/mol. The number of halogens is 3. The van der Waals surface area contributed by atoms with Crippen LogP contribution in [0.4, 0.5) is 5.69 Å². The lowest BCUT2D eigenvalue weighted by molar-refractivity contribution is 0.101. The Morgan fingerprint density at radius 3 is 1.84 bits per heavy atom. The van der Waals surface area contributed by atoms with Gasteiger partial charge in [0, 0.05) is 17.3 Å². The zero-order chi connectivity index (χ0) is 19.3. The molecule has 0 spiro atoms. The molecule has 1 rings (SSSR count). The average molecular weight is 451 g/mol. The normalized spacial score (nSPS) is 12.2. The molecule has 0 fully saturated rings. The van der Waals surface area contributed by atoms with Crippen molar-refractivity contribution in [1.82, 2.24) is 0 Å². The smallest absolute Gasteiger partial charge is 0.248 e. The van der Waals surface area contributed by atoms with E-state index in [0.29, 0.717) is 3.71 Å². The molecule has 0 N–H and O–H groups in total. The number of Topliss-reactive ketones (excluding diaryl/α,β-unsaturated/α-hetero) is 1. The Kier molecular flexibility index (Phi) is 8.47.